The lowest BCUT2D eigenvalue weighted by Crippen LogP contribution is -2.56. The highest BCUT2D eigenvalue weighted by molar-refractivity contribution is 7.90. The van der Waals surface area contributed by atoms with Crippen LogP contribution in [0.1, 0.15) is 32.1 Å². The van der Waals surface area contributed by atoms with Gasteiger partial charge in [0, 0.05) is 44.7 Å². The van der Waals surface area contributed by atoms with Crippen molar-refractivity contribution in [3.63, 3.8) is 0 Å². The lowest BCUT2D eigenvalue weighted by Gasteiger charge is -2.41. The summed E-state index contributed by atoms with van der Waals surface area (Å²) in [5, 5.41) is 7.42. The first-order valence-electron chi connectivity index (χ1n) is 11.3. The first-order valence-corrected chi connectivity index (χ1v) is 12.8. The largest absolute Gasteiger partial charge is 0.381 e. The normalized spacial score (nSPS) is 42.7. The number of likely N-dealkylation sites (N-methyl/N-ethyl adjacent to an activating group) is 1. The number of hydrogen-bond acceptors (Lipinski definition) is 8. The van der Waals surface area contributed by atoms with Gasteiger partial charge in [0.2, 0.25) is 10.0 Å². The zero-order valence-corrected chi connectivity index (χ0v) is 18.2. The number of nitrogens with one attached hydrogen (secondary N) is 4. The first kappa shape index (κ1) is 20.6. The van der Waals surface area contributed by atoms with Crippen LogP contribution < -0.4 is 20.9 Å². The van der Waals surface area contributed by atoms with Gasteiger partial charge < -0.3 is 10.1 Å². The molecule has 5 aliphatic rings. The Morgan fingerprint density at radius 3 is 2.69 bits per heavy atom. The molecule has 1 saturated carbocycles. The molecule has 9 nitrogen and oxygen atoms in total. The van der Waals surface area contributed by atoms with E-state index in [1.54, 1.807) is 0 Å². The summed E-state index contributed by atoms with van der Waals surface area (Å²) in [6.07, 6.45) is 5.65. The van der Waals surface area contributed by atoms with Gasteiger partial charge in [0.15, 0.2) is 0 Å². The number of fused-ring (bicyclic) bond motifs is 1. The molecule has 0 radical (unpaired) electrons. The van der Waals surface area contributed by atoms with E-state index in [2.05, 4.69) is 30.9 Å². The number of sulfonamides is 1. The van der Waals surface area contributed by atoms with E-state index in [4.69, 9.17) is 4.74 Å². The highest BCUT2D eigenvalue weighted by atomic mass is 32.2. The lowest BCUT2D eigenvalue weighted by atomic mass is 9.82. The van der Waals surface area contributed by atoms with Gasteiger partial charge in [0.05, 0.1) is 19.4 Å². The number of hydrogen-bond donors (Lipinski definition) is 4. The number of ether oxygens (including phenoxy) is 1. The van der Waals surface area contributed by atoms with Gasteiger partial charge >= 0.3 is 0 Å². The third-order valence-electron chi connectivity index (χ3n) is 7.84. The second kappa shape index (κ2) is 8.31. The number of hydrazine groups is 2. The molecule has 6 atom stereocenters. The van der Waals surface area contributed by atoms with Crippen LogP contribution in [-0.4, -0.2) is 88.4 Å². The highest BCUT2D eigenvalue weighted by Gasteiger charge is 2.45. The molecule has 10 heteroatoms. The molecule has 166 valence electrons. The number of rotatable bonds is 5. The number of piperidine rings is 1. The molecule has 1 aliphatic carbocycles. The Hall–Kier alpha value is -0.330. The van der Waals surface area contributed by atoms with Crippen molar-refractivity contribution in [2.45, 2.75) is 55.6 Å². The van der Waals surface area contributed by atoms with Crippen molar-refractivity contribution >= 4 is 10.0 Å². The maximum absolute atomic E-state index is 13.2. The fraction of sp³-hybridized carbons (Fsp3) is 1.00. The minimum Gasteiger partial charge on any atom is -0.381 e. The first-order chi connectivity index (χ1) is 14.0. The van der Waals surface area contributed by atoms with Crippen LogP contribution in [0.25, 0.3) is 0 Å². The maximum Gasteiger partial charge on any atom is 0.217 e. The topological polar surface area (TPSA) is 98.0 Å². The van der Waals surface area contributed by atoms with E-state index in [0.717, 1.165) is 45.6 Å². The Kier molecular flexibility index (Phi) is 5.89. The summed E-state index contributed by atoms with van der Waals surface area (Å²) in [5.74, 6) is 1.90. The average molecular weight is 429 g/mol. The fourth-order valence-electron chi connectivity index (χ4n) is 6.01. The molecule has 4 N–H and O–H groups in total. The molecular formula is C19H36N6O3S. The summed E-state index contributed by atoms with van der Waals surface area (Å²) < 4.78 is 34.9. The van der Waals surface area contributed by atoms with Crippen LogP contribution in [0.4, 0.5) is 0 Å². The minimum absolute atomic E-state index is 0.00334. The van der Waals surface area contributed by atoms with Gasteiger partial charge in [-0.1, -0.05) is 6.42 Å². The predicted octanol–water partition coefficient (Wildman–Crippen LogP) is -0.946. The van der Waals surface area contributed by atoms with Crippen molar-refractivity contribution in [3.8, 4) is 0 Å². The Morgan fingerprint density at radius 2 is 1.90 bits per heavy atom. The monoisotopic (exact) mass is 428 g/mol. The third-order valence-corrected chi connectivity index (χ3v) is 9.66. The third kappa shape index (κ3) is 4.10. The van der Waals surface area contributed by atoms with E-state index in [0.29, 0.717) is 30.8 Å². The zero-order chi connectivity index (χ0) is 20.0. The molecule has 4 heterocycles. The molecule has 0 aromatic heterocycles. The molecule has 6 unspecified atom stereocenters. The predicted molar refractivity (Wildman–Crippen MR) is 110 cm³/mol. The summed E-state index contributed by atoms with van der Waals surface area (Å²) in [6.45, 7) is 4.75. The van der Waals surface area contributed by atoms with Crippen LogP contribution in [-0.2, 0) is 14.8 Å². The smallest absolute Gasteiger partial charge is 0.217 e. The molecule has 0 aromatic carbocycles. The van der Waals surface area contributed by atoms with E-state index < -0.39 is 15.3 Å². The van der Waals surface area contributed by atoms with Crippen molar-refractivity contribution in [3.05, 3.63) is 0 Å². The highest BCUT2D eigenvalue weighted by Crippen LogP contribution is 2.33. The van der Waals surface area contributed by atoms with Crippen molar-refractivity contribution in [2.75, 3.05) is 46.4 Å². The van der Waals surface area contributed by atoms with Gasteiger partial charge in [-0.05, 0) is 44.1 Å². The molecule has 0 bridgehead atoms. The van der Waals surface area contributed by atoms with Crippen molar-refractivity contribution < 1.29 is 13.2 Å². The van der Waals surface area contributed by atoms with Gasteiger partial charge in [-0.2, -0.15) is 0 Å². The number of nitrogens with zero attached hydrogens (tertiary/aromatic N) is 2. The van der Waals surface area contributed by atoms with E-state index >= 15 is 0 Å². The molecule has 4 saturated heterocycles. The molecule has 5 fully saturated rings. The van der Waals surface area contributed by atoms with Crippen molar-refractivity contribution in [1.82, 2.24) is 30.9 Å². The minimum atomic E-state index is -3.37. The van der Waals surface area contributed by atoms with Crippen LogP contribution in [0.5, 0.6) is 0 Å². The summed E-state index contributed by atoms with van der Waals surface area (Å²) in [4.78, 5) is 0. The second-order valence-corrected chi connectivity index (χ2v) is 11.6. The van der Waals surface area contributed by atoms with Gasteiger partial charge in [-0.25, -0.2) is 23.2 Å². The summed E-state index contributed by atoms with van der Waals surface area (Å²) in [6, 6.07) is 0.262. The van der Waals surface area contributed by atoms with E-state index in [1.807, 2.05) is 7.05 Å². The Morgan fingerprint density at radius 1 is 1.03 bits per heavy atom. The fourth-order valence-corrected chi connectivity index (χ4v) is 7.53. The standard InChI is InChI=1S/C19H36N6O3S/c1-24-19-14(8-21-24)3-2-4-17(19)23-29(26,27)16-9-22-25(10-16)18-7-13(5-6-20-18)15-11-28-12-15/h13-23H,2-12H2,1H3. The SMILES string of the molecule is CN1NCC2CCCC(NS(=O)(=O)C3CNN(C4CC(C5COC5)CCN4)C3)C21. The summed E-state index contributed by atoms with van der Waals surface area (Å²) in [5.41, 5.74) is 6.75. The van der Waals surface area contributed by atoms with Crippen LogP contribution in [0.2, 0.25) is 0 Å². The molecule has 29 heavy (non-hydrogen) atoms. The Labute approximate surface area is 174 Å². The van der Waals surface area contributed by atoms with Crippen LogP contribution >= 0.6 is 0 Å². The molecule has 0 amide bonds. The van der Waals surface area contributed by atoms with Gasteiger partial charge in [-0.15, -0.1) is 0 Å². The lowest BCUT2D eigenvalue weighted by molar-refractivity contribution is -0.0764. The zero-order valence-electron chi connectivity index (χ0n) is 17.3. The van der Waals surface area contributed by atoms with Gasteiger partial charge in [0.1, 0.15) is 5.25 Å². The van der Waals surface area contributed by atoms with E-state index in [9.17, 15) is 8.42 Å². The van der Waals surface area contributed by atoms with Crippen molar-refractivity contribution in [1.29, 1.82) is 0 Å². The molecule has 0 spiro atoms. The van der Waals surface area contributed by atoms with Crippen LogP contribution in [0, 0.1) is 17.8 Å². The Bertz CT molecular complexity index is 687. The van der Waals surface area contributed by atoms with Crippen LogP contribution in [0.3, 0.4) is 0 Å². The maximum atomic E-state index is 13.2. The molecule has 5 rings (SSSR count). The van der Waals surface area contributed by atoms with Gasteiger partial charge in [-0.3, -0.25) is 10.9 Å². The molecule has 4 aliphatic heterocycles. The van der Waals surface area contributed by atoms with Crippen molar-refractivity contribution in [2.24, 2.45) is 17.8 Å². The Balaban J connectivity index is 1.19. The summed E-state index contributed by atoms with van der Waals surface area (Å²) in [7, 11) is -1.34. The molecular weight excluding hydrogens is 392 g/mol. The van der Waals surface area contributed by atoms with E-state index in [1.165, 1.54) is 12.8 Å². The summed E-state index contributed by atoms with van der Waals surface area (Å²) >= 11 is 0. The quantitative estimate of drug-likeness (QED) is 0.445. The second-order valence-electron chi connectivity index (χ2n) is 9.61. The van der Waals surface area contributed by atoms with Crippen LogP contribution in [0.15, 0.2) is 0 Å². The molecule has 0 aromatic rings. The average Bonchev–Trinajstić information content (AvgIpc) is 3.29. The van der Waals surface area contributed by atoms with Gasteiger partial charge in [0.25, 0.3) is 0 Å². The van der Waals surface area contributed by atoms with E-state index in [-0.39, 0.29) is 18.2 Å².